The van der Waals surface area contributed by atoms with Crippen LogP contribution in [0, 0.1) is 11.3 Å². The van der Waals surface area contributed by atoms with Gasteiger partial charge in [0.1, 0.15) is 0 Å². The summed E-state index contributed by atoms with van der Waals surface area (Å²) in [6, 6.07) is 0. The second-order valence-electron chi connectivity index (χ2n) is 4.49. The average molecular weight is 235 g/mol. The van der Waals surface area contributed by atoms with Gasteiger partial charge in [-0.3, -0.25) is 0 Å². The van der Waals surface area contributed by atoms with Gasteiger partial charge in [0.2, 0.25) is 0 Å². The Kier molecular flexibility index (Phi) is 5.47. The second-order valence-corrected chi connectivity index (χ2v) is 6.05. The summed E-state index contributed by atoms with van der Waals surface area (Å²) in [7, 11) is 0. The lowest BCUT2D eigenvalue weighted by Gasteiger charge is -2.34. The normalized spacial score (nSPS) is 15.2. The van der Waals surface area contributed by atoms with Crippen LogP contribution in [0.15, 0.2) is 0 Å². The van der Waals surface area contributed by atoms with Gasteiger partial charge in [-0.2, -0.15) is 0 Å². The molecule has 0 rings (SSSR count). The van der Waals surface area contributed by atoms with E-state index in [2.05, 4.69) is 50.5 Å². The molecule has 0 aliphatic carbocycles. The first-order valence-electron chi connectivity index (χ1n) is 5.08. The Bertz CT molecular complexity index is 112. The van der Waals surface area contributed by atoms with Crippen LogP contribution in [0.2, 0.25) is 0 Å². The number of hydrogen-bond acceptors (Lipinski definition) is 0. The van der Waals surface area contributed by atoms with Crippen molar-refractivity contribution in [2.45, 2.75) is 58.7 Å². The van der Waals surface area contributed by atoms with E-state index in [9.17, 15) is 0 Å². The van der Waals surface area contributed by atoms with Gasteiger partial charge < -0.3 is 0 Å². The molecule has 1 heteroatoms. The van der Waals surface area contributed by atoms with Gasteiger partial charge in [-0.05, 0) is 17.8 Å². The van der Waals surface area contributed by atoms with Gasteiger partial charge in [-0.1, -0.05) is 63.4 Å². The molecule has 1 unspecified atom stereocenters. The molecule has 0 saturated heterocycles. The summed E-state index contributed by atoms with van der Waals surface area (Å²) >= 11 is 3.64. The summed E-state index contributed by atoms with van der Waals surface area (Å²) in [6.07, 6.45) is 3.89. The molecule has 0 saturated carbocycles. The molecule has 0 aromatic rings. The molecule has 0 N–H and O–H groups in total. The topological polar surface area (TPSA) is 0 Å². The van der Waals surface area contributed by atoms with Crippen molar-refractivity contribution in [1.82, 2.24) is 0 Å². The molecule has 0 fully saturated rings. The Labute approximate surface area is 86.3 Å². The molecule has 12 heavy (non-hydrogen) atoms. The minimum atomic E-state index is 0.492. The SMILES string of the molecule is CCC(CC)C(C)(C)CC(C)Br. The molecule has 0 heterocycles. The molecule has 0 spiro atoms. The first-order valence-corrected chi connectivity index (χ1v) is 5.99. The van der Waals surface area contributed by atoms with Crippen molar-refractivity contribution in [3.63, 3.8) is 0 Å². The van der Waals surface area contributed by atoms with Gasteiger partial charge in [-0.25, -0.2) is 0 Å². The van der Waals surface area contributed by atoms with Gasteiger partial charge in [0.25, 0.3) is 0 Å². The van der Waals surface area contributed by atoms with Crippen LogP contribution in [-0.4, -0.2) is 4.83 Å². The van der Waals surface area contributed by atoms with Crippen molar-refractivity contribution in [2.75, 3.05) is 0 Å². The molecule has 74 valence electrons. The quantitative estimate of drug-likeness (QED) is 0.610. The van der Waals surface area contributed by atoms with Crippen LogP contribution in [0.4, 0.5) is 0 Å². The van der Waals surface area contributed by atoms with Gasteiger partial charge in [0.15, 0.2) is 0 Å². The van der Waals surface area contributed by atoms with Crippen molar-refractivity contribution in [1.29, 1.82) is 0 Å². The number of halogens is 1. The van der Waals surface area contributed by atoms with Crippen molar-refractivity contribution in [3.8, 4) is 0 Å². The maximum absolute atomic E-state index is 3.64. The predicted octanol–water partition coefficient (Wildman–Crippen LogP) is 4.62. The average Bonchev–Trinajstić information content (AvgIpc) is 1.85. The molecular formula is C11H23Br. The van der Waals surface area contributed by atoms with Crippen molar-refractivity contribution in [3.05, 3.63) is 0 Å². The van der Waals surface area contributed by atoms with Crippen molar-refractivity contribution in [2.24, 2.45) is 11.3 Å². The largest absolute Gasteiger partial charge is 0.0893 e. The molecule has 0 aliphatic rings. The molecule has 0 bridgehead atoms. The molecule has 0 aliphatic heterocycles. The minimum Gasteiger partial charge on any atom is -0.0893 e. The summed E-state index contributed by atoms with van der Waals surface area (Å²) in [5.41, 5.74) is 0.492. The van der Waals surface area contributed by atoms with Gasteiger partial charge in [0, 0.05) is 4.83 Å². The van der Waals surface area contributed by atoms with E-state index in [-0.39, 0.29) is 0 Å². The third-order valence-electron chi connectivity index (χ3n) is 2.90. The smallest absolute Gasteiger partial charge is 0.0122 e. The van der Waals surface area contributed by atoms with Crippen LogP contribution in [0.5, 0.6) is 0 Å². The summed E-state index contributed by atoms with van der Waals surface area (Å²) < 4.78 is 0. The molecule has 0 aromatic heterocycles. The molecule has 0 radical (unpaired) electrons. The van der Waals surface area contributed by atoms with Crippen LogP contribution >= 0.6 is 15.9 Å². The van der Waals surface area contributed by atoms with E-state index < -0.39 is 0 Å². The lowest BCUT2D eigenvalue weighted by Crippen LogP contribution is -2.25. The molecule has 0 amide bonds. The maximum Gasteiger partial charge on any atom is 0.0122 e. The second kappa shape index (κ2) is 5.26. The van der Waals surface area contributed by atoms with E-state index in [1.54, 1.807) is 0 Å². The molecule has 1 atom stereocenters. The standard InChI is InChI=1S/C11H23Br/c1-6-10(7-2)11(4,5)8-9(3)12/h9-10H,6-8H2,1-5H3. The lowest BCUT2D eigenvalue weighted by molar-refractivity contribution is 0.184. The van der Waals surface area contributed by atoms with E-state index in [0.29, 0.717) is 10.2 Å². The van der Waals surface area contributed by atoms with Crippen LogP contribution < -0.4 is 0 Å². The monoisotopic (exact) mass is 234 g/mol. The summed E-state index contributed by atoms with van der Waals surface area (Å²) in [4.78, 5) is 0.646. The van der Waals surface area contributed by atoms with E-state index in [0.717, 1.165) is 5.92 Å². The maximum atomic E-state index is 3.64. The van der Waals surface area contributed by atoms with Crippen LogP contribution in [0.1, 0.15) is 53.9 Å². The Balaban J connectivity index is 4.14. The highest BCUT2D eigenvalue weighted by molar-refractivity contribution is 9.09. The fourth-order valence-electron chi connectivity index (χ4n) is 2.29. The summed E-state index contributed by atoms with van der Waals surface area (Å²) in [5, 5.41) is 0. The third-order valence-corrected chi connectivity index (χ3v) is 3.22. The van der Waals surface area contributed by atoms with E-state index >= 15 is 0 Å². The summed E-state index contributed by atoms with van der Waals surface area (Å²) in [5.74, 6) is 0.873. The highest BCUT2D eigenvalue weighted by Crippen LogP contribution is 2.37. The van der Waals surface area contributed by atoms with Crippen LogP contribution in [-0.2, 0) is 0 Å². The Morgan fingerprint density at radius 2 is 1.58 bits per heavy atom. The van der Waals surface area contributed by atoms with Crippen molar-refractivity contribution >= 4 is 15.9 Å². The fraction of sp³-hybridized carbons (Fsp3) is 1.00. The zero-order valence-electron chi connectivity index (χ0n) is 9.15. The lowest BCUT2D eigenvalue weighted by atomic mass is 9.73. The van der Waals surface area contributed by atoms with Crippen molar-refractivity contribution < 1.29 is 0 Å². The van der Waals surface area contributed by atoms with Gasteiger partial charge >= 0.3 is 0 Å². The van der Waals surface area contributed by atoms with Crippen LogP contribution in [0.3, 0.4) is 0 Å². The Morgan fingerprint density at radius 3 is 1.83 bits per heavy atom. The molecular weight excluding hydrogens is 212 g/mol. The summed E-state index contributed by atoms with van der Waals surface area (Å²) in [6.45, 7) is 11.6. The van der Waals surface area contributed by atoms with Gasteiger partial charge in [0.05, 0.1) is 0 Å². The van der Waals surface area contributed by atoms with E-state index in [4.69, 9.17) is 0 Å². The zero-order valence-corrected chi connectivity index (χ0v) is 10.7. The highest BCUT2D eigenvalue weighted by Gasteiger charge is 2.27. The zero-order chi connectivity index (χ0) is 9.78. The Morgan fingerprint density at radius 1 is 1.17 bits per heavy atom. The molecule has 0 nitrogen and oxygen atoms in total. The van der Waals surface area contributed by atoms with E-state index in [1.807, 2.05) is 0 Å². The van der Waals surface area contributed by atoms with Gasteiger partial charge in [-0.15, -0.1) is 0 Å². The molecule has 0 aromatic carbocycles. The highest BCUT2D eigenvalue weighted by atomic mass is 79.9. The van der Waals surface area contributed by atoms with E-state index in [1.165, 1.54) is 19.3 Å². The number of hydrogen-bond donors (Lipinski definition) is 0. The van der Waals surface area contributed by atoms with Crippen LogP contribution in [0.25, 0.3) is 0 Å². The number of rotatable bonds is 5. The third kappa shape index (κ3) is 3.93. The first kappa shape index (κ1) is 12.5. The fourth-order valence-corrected chi connectivity index (χ4v) is 3.12. The predicted molar refractivity (Wildman–Crippen MR) is 60.9 cm³/mol. The number of alkyl halides is 1. The Hall–Kier alpha value is 0.480. The minimum absolute atomic E-state index is 0.492. The first-order chi connectivity index (χ1) is 5.44.